The van der Waals surface area contributed by atoms with E-state index in [0.717, 1.165) is 11.3 Å². The van der Waals surface area contributed by atoms with Crippen molar-refractivity contribution >= 4 is 28.3 Å². The van der Waals surface area contributed by atoms with Gasteiger partial charge in [0.2, 0.25) is 0 Å². The molecule has 7 heteroatoms. The van der Waals surface area contributed by atoms with Gasteiger partial charge in [-0.05, 0) is 26.0 Å². The van der Waals surface area contributed by atoms with Gasteiger partial charge in [-0.1, -0.05) is 48.0 Å². The minimum atomic E-state index is -0.816. The monoisotopic (exact) mass is 396 g/mol. The van der Waals surface area contributed by atoms with E-state index in [4.69, 9.17) is 9.47 Å². The topological polar surface area (TPSA) is 77.5 Å². The van der Waals surface area contributed by atoms with Crippen LogP contribution in [-0.4, -0.2) is 29.6 Å². The first-order valence-corrected chi connectivity index (χ1v) is 9.60. The predicted molar refractivity (Wildman–Crippen MR) is 108 cm³/mol. The van der Waals surface area contributed by atoms with Gasteiger partial charge in [-0.15, -0.1) is 11.3 Å². The predicted octanol–water partition coefficient (Wildman–Crippen LogP) is 4.07. The van der Waals surface area contributed by atoms with E-state index < -0.39 is 24.6 Å². The Morgan fingerprint density at radius 1 is 1.11 bits per heavy atom. The number of ether oxygens (including phenoxy) is 2. The molecule has 0 spiro atoms. The summed E-state index contributed by atoms with van der Waals surface area (Å²) >= 11 is 1.31. The van der Waals surface area contributed by atoms with Crippen molar-refractivity contribution in [3.05, 3.63) is 65.5 Å². The zero-order valence-electron chi connectivity index (χ0n) is 15.5. The Hall–Kier alpha value is -3.19. The number of amides is 1. The van der Waals surface area contributed by atoms with Gasteiger partial charge in [-0.25, -0.2) is 9.78 Å². The van der Waals surface area contributed by atoms with Crippen LogP contribution >= 0.6 is 11.3 Å². The summed E-state index contributed by atoms with van der Waals surface area (Å²) in [6.45, 7) is 3.19. The third-order valence-electron chi connectivity index (χ3n) is 3.83. The molecule has 1 N–H and O–H groups in total. The maximum Gasteiger partial charge on any atom is 0.347 e. The van der Waals surface area contributed by atoms with Crippen LogP contribution in [0, 0.1) is 6.92 Å². The molecule has 1 atom stereocenters. The summed E-state index contributed by atoms with van der Waals surface area (Å²) in [7, 11) is 0. The molecule has 0 bridgehead atoms. The van der Waals surface area contributed by atoms with Crippen LogP contribution in [0.2, 0.25) is 0 Å². The highest BCUT2D eigenvalue weighted by Gasteiger charge is 2.18. The molecule has 0 unspecified atom stereocenters. The average molecular weight is 396 g/mol. The highest BCUT2D eigenvalue weighted by atomic mass is 32.1. The zero-order chi connectivity index (χ0) is 19.9. The van der Waals surface area contributed by atoms with Gasteiger partial charge in [0.1, 0.15) is 5.75 Å². The lowest BCUT2D eigenvalue weighted by Crippen LogP contribution is -2.29. The van der Waals surface area contributed by atoms with Gasteiger partial charge in [0.05, 0.1) is 5.69 Å². The fraction of sp³-hybridized carbons (Fsp3) is 0.190. The number of rotatable bonds is 7. The molecule has 0 aliphatic carbocycles. The fourth-order valence-corrected chi connectivity index (χ4v) is 3.08. The molecule has 3 rings (SSSR count). The van der Waals surface area contributed by atoms with Crippen LogP contribution in [0.3, 0.4) is 0 Å². The van der Waals surface area contributed by atoms with Crippen molar-refractivity contribution in [1.82, 2.24) is 4.98 Å². The fourth-order valence-electron chi connectivity index (χ4n) is 2.35. The Bertz CT molecular complexity index is 939. The second kappa shape index (κ2) is 9.14. The molecule has 0 radical (unpaired) electrons. The highest BCUT2D eigenvalue weighted by molar-refractivity contribution is 7.14. The number of aryl methyl sites for hydroxylation is 1. The van der Waals surface area contributed by atoms with E-state index >= 15 is 0 Å². The van der Waals surface area contributed by atoms with Crippen molar-refractivity contribution in [3.8, 4) is 17.0 Å². The van der Waals surface area contributed by atoms with Crippen LogP contribution in [0.25, 0.3) is 11.3 Å². The quantitative estimate of drug-likeness (QED) is 0.609. The number of anilines is 1. The van der Waals surface area contributed by atoms with Crippen molar-refractivity contribution in [1.29, 1.82) is 0 Å². The molecule has 0 saturated heterocycles. The van der Waals surface area contributed by atoms with E-state index in [9.17, 15) is 9.59 Å². The van der Waals surface area contributed by atoms with E-state index in [1.54, 1.807) is 31.2 Å². The summed E-state index contributed by atoms with van der Waals surface area (Å²) in [5.74, 6) is -0.508. The van der Waals surface area contributed by atoms with Crippen molar-refractivity contribution < 1.29 is 19.1 Å². The Labute approximate surface area is 167 Å². The molecule has 0 aliphatic rings. The third-order valence-corrected chi connectivity index (χ3v) is 4.59. The van der Waals surface area contributed by atoms with Crippen molar-refractivity contribution in [3.63, 3.8) is 0 Å². The Morgan fingerprint density at radius 3 is 2.54 bits per heavy atom. The summed E-state index contributed by atoms with van der Waals surface area (Å²) in [6.07, 6.45) is -0.816. The SMILES string of the molecule is Cc1ccc(-c2csc(NC(=O)COC(=O)[C@@H](C)Oc3ccccc3)n2)cc1. The number of nitrogens with one attached hydrogen (secondary N) is 1. The molecule has 1 heterocycles. The summed E-state index contributed by atoms with van der Waals surface area (Å²) in [5, 5.41) is 4.95. The number of carbonyl (C=O) groups is 2. The van der Waals surface area contributed by atoms with Crippen LogP contribution < -0.4 is 10.1 Å². The number of para-hydroxylation sites is 1. The number of thiazole rings is 1. The number of hydrogen-bond donors (Lipinski definition) is 1. The molecular formula is C21H20N2O4S. The van der Waals surface area contributed by atoms with Crippen LogP contribution in [0.15, 0.2) is 60.0 Å². The van der Waals surface area contributed by atoms with E-state index in [1.165, 1.54) is 16.9 Å². The van der Waals surface area contributed by atoms with Gasteiger partial charge >= 0.3 is 5.97 Å². The molecule has 1 amide bonds. The second-order valence-electron chi connectivity index (χ2n) is 6.13. The lowest BCUT2D eigenvalue weighted by atomic mass is 10.1. The molecule has 2 aromatic carbocycles. The van der Waals surface area contributed by atoms with Gasteiger partial charge < -0.3 is 9.47 Å². The third kappa shape index (κ3) is 5.40. The van der Waals surface area contributed by atoms with E-state index in [1.807, 2.05) is 42.6 Å². The number of carbonyl (C=O) groups excluding carboxylic acids is 2. The van der Waals surface area contributed by atoms with Gasteiger partial charge in [-0.2, -0.15) is 0 Å². The molecule has 0 fully saturated rings. The highest BCUT2D eigenvalue weighted by Crippen LogP contribution is 2.25. The van der Waals surface area contributed by atoms with Crippen molar-refractivity contribution in [2.45, 2.75) is 20.0 Å². The maximum atomic E-state index is 12.0. The number of nitrogens with zero attached hydrogens (tertiary/aromatic N) is 1. The van der Waals surface area contributed by atoms with Crippen LogP contribution in [-0.2, 0) is 14.3 Å². The molecule has 0 aliphatic heterocycles. The summed E-state index contributed by atoms with van der Waals surface area (Å²) in [4.78, 5) is 28.4. The van der Waals surface area contributed by atoms with Gasteiger partial charge in [0, 0.05) is 10.9 Å². The van der Waals surface area contributed by atoms with Crippen LogP contribution in [0.4, 0.5) is 5.13 Å². The van der Waals surface area contributed by atoms with Crippen LogP contribution in [0.5, 0.6) is 5.75 Å². The number of benzene rings is 2. The Kier molecular flexibility index (Phi) is 6.39. The smallest absolute Gasteiger partial charge is 0.347 e. The standard InChI is InChI=1S/C21H20N2O4S/c1-14-8-10-16(11-9-14)18-13-28-21(22-18)23-19(24)12-26-20(25)15(2)27-17-6-4-3-5-7-17/h3-11,13,15H,12H2,1-2H3,(H,22,23,24)/t15-/m1/s1. The second-order valence-corrected chi connectivity index (χ2v) is 6.99. The Morgan fingerprint density at radius 2 is 1.82 bits per heavy atom. The number of aromatic nitrogens is 1. The molecule has 6 nitrogen and oxygen atoms in total. The van der Waals surface area contributed by atoms with Gasteiger partial charge in [0.25, 0.3) is 5.91 Å². The van der Waals surface area contributed by atoms with Crippen molar-refractivity contribution in [2.75, 3.05) is 11.9 Å². The number of esters is 1. The number of hydrogen-bond acceptors (Lipinski definition) is 6. The summed E-state index contributed by atoms with van der Waals surface area (Å²) < 4.78 is 10.5. The molecule has 0 saturated carbocycles. The first-order chi connectivity index (χ1) is 13.5. The first-order valence-electron chi connectivity index (χ1n) is 8.72. The van der Waals surface area contributed by atoms with Crippen molar-refractivity contribution in [2.24, 2.45) is 0 Å². The molecule has 28 heavy (non-hydrogen) atoms. The lowest BCUT2D eigenvalue weighted by molar-refractivity contribution is -0.153. The summed E-state index contributed by atoms with van der Waals surface area (Å²) in [6, 6.07) is 16.9. The minimum Gasteiger partial charge on any atom is -0.479 e. The average Bonchev–Trinajstić information content (AvgIpc) is 3.15. The van der Waals surface area contributed by atoms with E-state index in [0.29, 0.717) is 10.9 Å². The van der Waals surface area contributed by atoms with E-state index in [2.05, 4.69) is 10.3 Å². The van der Waals surface area contributed by atoms with Gasteiger partial charge in [0.15, 0.2) is 17.8 Å². The normalized spacial score (nSPS) is 11.5. The first kappa shape index (κ1) is 19.6. The molecule has 144 valence electrons. The van der Waals surface area contributed by atoms with Crippen LogP contribution in [0.1, 0.15) is 12.5 Å². The molecule has 1 aromatic heterocycles. The maximum absolute atomic E-state index is 12.0. The lowest BCUT2D eigenvalue weighted by Gasteiger charge is -2.13. The minimum absolute atomic E-state index is 0.402. The van der Waals surface area contributed by atoms with Gasteiger partial charge in [-0.3, -0.25) is 10.1 Å². The van der Waals surface area contributed by atoms with E-state index in [-0.39, 0.29) is 0 Å². The summed E-state index contributed by atoms with van der Waals surface area (Å²) in [5.41, 5.74) is 2.92. The molecule has 3 aromatic rings. The zero-order valence-corrected chi connectivity index (χ0v) is 16.4. The molecular weight excluding hydrogens is 376 g/mol. The largest absolute Gasteiger partial charge is 0.479 e. The Balaban J connectivity index is 1.48.